The summed E-state index contributed by atoms with van der Waals surface area (Å²) in [4.78, 5) is 91.1. The number of hydrogen-bond donors (Lipinski definition) is 5. The van der Waals surface area contributed by atoms with Crippen LogP contribution in [0.25, 0.3) is 0 Å². The van der Waals surface area contributed by atoms with Crippen LogP contribution in [0.1, 0.15) is 142 Å². The summed E-state index contributed by atoms with van der Waals surface area (Å²) in [5.74, 6) is -5.13. The van der Waals surface area contributed by atoms with Crippen molar-refractivity contribution >= 4 is 41.7 Å². The summed E-state index contributed by atoms with van der Waals surface area (Å²) in [5.41, 5.74) is -1.50. The minimum atomic E-state index is -1.14. The molecule has 55 heavy (non-hydrogen) atoms. The van der Waals surface area contributed by atoms with E-state index in [1.165, 1.54) is 13.8 Å². The molecule has 0 radical (unpaired) electrons. The van der Waals surface area contributed by atoms with Crippen molar-refractivity contribution in [3.05, 3.63) is 0 Å². The first-order valence-corrected chi connectivity index (χ1v) is 19.8. The van der Waals surface area contributed by atoms with Crippen LogP contribution in [0.4, 0.5) is 4.79 Å². The maximum absolute atomic E-state index is 13.4. The number of unbranched alkanes of at least 4 members (excludes halogenated alkanes) is 3. The van der Waals surface area contributed by atoms with Crippen molar-refractivity contribution in [1.82, 2.24) is 26.6 Å². The molecule has 0 fully saturated rings. The predicted octanol–water partition coefficient (Wildman–Crippen LogP) is 4.69. The second-order valence-corrected chi connectivity index (χ2v) is 17.3. The zero-order chi connectivity index (χ0) is 42.8. The van der Waals surface area contributed by atoms with Crippen LogP contribution in [-0.2, 0) is 43.0 Å². The first-order chi connectivity index (χ1) is 25.2. The molecule has 7 atom stereocenters. The molecule has 0 bridgehead atoms. The second kappa shape index (κ2) is 23.9. The number of carbonyl (C=O) groups is 7. The molecule has 5 amide bonds. The van der Waals surface area contributed by atoms with Crippen molar-refractivity contribution in [3.8, 4) is 0 Å². The van der Waals surface area contributed by atoms with Gasteiger partial charge in [0.2, 0.25) is 23.6 Å². The second-order valence-electron chi connectivity index (χ2n) is 17.3. The zero-order valence-corrected chi connectivity index (χ0v) is 36.2. The van der Waals surface area contributed by atoms with Crippen molar-refractivity contribution < 1.29 is 47.8 Å². The van der Waals surface area contributed by atoms with Crippen molar-refractivity contribution in [2.24, 2.45) is 23.7 Å². The van der Waals surface area contributed by atoms with Gasteiger partial charge in [-0.1, -0.05) is 74.1 Å². The van der Waals surface area contributed by atoms with Crippen molar-refractivity contribution in [3.63, 3.8) is 0 Å². The Balaban J connectivity index is 5.72. The van der Waals surface area contributed by atoms with E-state index in [4.69, 9.17) is 14.2 Å². The summed E-state index contributed by atoms with van der Waals surface area (Å²) in [7, 11) is 0. The Hall–Kier alpha value is -3.91. The highest BCUT2D eigenvalue weighted by Gasteiger charge is 2.35. The van der Waals surface area contributed by atoms with Crippen LogP contribution >= 0.6 is 0 Å². The Morgan fingerprint density at radius 3 is 1.69 bits per heavy atom. The predicted molar refractivity (Wildman–Crippen MR) is 210 cm³/mol. The van der Waals surface area contributed by atoms with Gasteiger partial charge in [0.05, 0.1) is 5.92 Å². The average molecular weight is 784 g/mol. The van der Waals surface area contributed by atoms with Crippen molar-refractivity contribution in [1.29, 1.82) is 0 Å². The number of nitrogens with one attached hydrogen (secondary N) is 5. The molecule has 0 aromatic heterocycles. The molecule has 0 rings (SSSR count). The Kier molecular flexibility index (Phi) is 22.2. The number of amides is 5. The quantitative estimate of drug-likeness (QED) is 0.0582. The van der Waals surface area contributed by atoms with Gasteiger partial charge in [-0.05, 0) is 86.0 Å². The van der Waals surface area contributed by atoms with Crippen LogP contribution in [0, 0.1) is 23.7 Å². The lowest BCUT2D eigenvalue weighted by Gasteiger charge is -2.30. The van der Waals surface area contributed by atoms with Gasteiger partial charge in [-0.3, -0.25) is 24.0 Å². The van der Waals surface area contributed by atoms with E-state index in [0.29, 0.717) is 6.42 Å². The van der Waals surface area contributed by atoms with E-state index in [1.54, 1.807) is 62.3 Å². The Morgan fingerprint density at radius 2 is 1.18 bits per heavy atom. The number of carbonyl (C=O) groups excluding carboxylic acids is 7. The number of hydrogen-bond acceptors (Lipinski definition) is 10. The summed E-state index contributed by atoms with van der Waals surface area (Å²) < 4.78 is 16.5. The van der Waals surface area contributed by atoms with Gasteiger partial charge >= 0.3 is 18.0 Å². The number of ether oxygens (including phenoxy) is 3. The molecule has 15 heteroatoms. The third kappa shape index (κ3) is 21.7. The Bertz CT molecular complexity index is 1270. The average Bonchev–Trinajstić information content (AvgIpc) is 3.03. The smallest absolute Gasteiger partial charge is 0.408 e. The van der Waals surface area contributed by atoms with Crippen molar-refractivity contribution in [2.75, 3.05) is 6.54 Å². The highest BCUT2D eigenvalue weighted by molar-refractivity contribution is 5.94. The molecule has 0 saturated heterocycles. The molecule has 5 N–H and O–H groups in total. The fourth-order valence-electron chi connectivity index (χ4n) is 5.56. The van der Waals surface area contributed by atoms with Gasteiger partial charge in [0.25, 0.3) is 0 Å². The van der Waals surface area contributed by atoms with E-state index in [1.807, 2.05) is 20.8 Å². The van der Waals surface area contributed by atoms with Crippen LogP contribution < -0.4 is 26.6 Å². The molecular weight excluding hydrogens is 710 g/mol. The lowest BCUT2D eigenvalue weighted by Crippen LogP contribution is -2.58. The number of esters is 2. The van der Waals surface area contributed by atoms with Gasteiger partial charge in [0, 0.05) is 0 Å². The van der Waals surface area contributed by atoms with E-state index in [-0.39, 0.29) is 30.7 Å². The topological polar surface area (TPSA) is 207 Å². The van der Waals surface area contributed by atoms with Crippen LogP contribution in [-0.4, -0.2) is 89.7 Å². The minimum absolute atomic E-state index is 0.0185. The highest BCUT2D eigenvalue weighted by Crippen LogP contribution is 2.24. The summed E-state index contributed by atoms with van der Waals surface area (Å²) >= 11 is 0. The molecule has 0 aromatic carbocycles. The summed E-state index contributed by atoms with van der Waals surface area (Å²) in [6, 6.07) is -4.28. The third-order valence-corrected chi connectivity index (χ3v) is 8.49. The summed E-state index contributed by atoms with van der Waals surface area (Å²) in [5, 5.41) is 13.1. The molecule has 0 aliphatic rings. The van der Waals surface area contributed by atoms with Crippen LogP contribution in [0.2, 0.25) is 0 Å². The third-order valence-electron chi connectivity index (χ3n) is 8.49. The van der Waals surface area contributed by atoms with E-state index < -0.39 is 89.1 Å². The van der Waals surface area contributed by atoms with Crippen LogP contribution in [0.15, 0.2) is 0 Å². The fraction of sp³-hybridized carbons (Fsp3) is 0.825. The molecule has 0 aliphatic heterocycles. The first-order valence-electron chi connectivity index (χ1n) is 19.8. The molecule has 15 nitrogen and oxygen atoms in total. The van der Waals surface area contributed by atoms with E-state index in [9.17, 15) is 33.6 Å². The first kappa shape index (κ1) is 51.1. The lowest BCUT2D eigenvalue weighted by atomic mass is 9.88. The van der Waals surface area contributed by atoms with E-state index in [0.717, 1.165) is 25.7 Å². The Morgan fingerprint density at radius 1 is 0.618 bits per heavy atom. The van der Waals surface area contributed by atoms with Gasteiger partial charge in [-0.15, -0.1) is 0 Å². The molecule has 0 aliphatic carbocycles. The van der Waals surface area contributed by atoms with Gasteiger partial charge in [0.1, 0.15) is 48.0 Å². The van der Waals surface area contributed by atoms with E-state index in [2.05, 4.69) is 33.5 Å². The zero-order valence-electron chi connectivity index (χ0n) is 36.2. The standard InChI is InChI=1S/C40H73N5O10/c1-16-17-18-19-20-25(6)32(26(7)33(47)41-22-30(46)54-39(10,11)12)53-37(51)28(9)43-34(48)27(8)42-35(49)29(21-23(2)3)44-36(50)31(24(4)5)45-38(52)55-40(13,14)15/h23-29,31-32H,16-22H2,1-15H3,(H,41,47)(H,42,49)(H,43,48)(H,44,50)(H,45,52)/t25-,26+,27-,28-,29-,31-,32+/m0/s1. The SMILES string of the molecule is CCCCCC[C@H](C)[C@@H](OC(=O)[C@H](C)NC(=O)[C@H](C)NC(=O)[C@H](CC(C)C)NC(=O)[C@@H](NC(=O)OC(C)(C)C)C(C)C)[C@@H](C)C(=O)NCC(=O)OC(C)(C)C. The Labute approximate surface area is 329 Å². The van der Waals surface area contributed by atoms with Gasteiger partial charge in [-0.2, -0.15) is 0 Å². The van der Waals surface area contributed by atoms with E-state index >= 15 is 0 Å². The molecule has 0 spiro atoms. The van der Waals surface area contributed by atoms with Gasteiger partial charge in [-0.25, -0.2) is 9.59 Å². The molecular formula is C40H73N5O10. The largest absolute Gasteiger partial charge is 0.460 e. The van der Waals surface area contributed by atoms with Gasteiger partial charge < -0.3 is 40.8 Å². The van der Waals surface area contributed by atoms with Crippen LogP contribution in [0.3, 0.4) is 0 Å². The number of alkyl carbamates (subject to hydrolysis) is 1. The maximum Gasteiger partial charge on any atom is 0.408 e. The highest BCUT2D eigenvalue weighted by atomic mass is 16.6. The molecule has 0 heterocycles. The molecule has 318 valence electrons. The van der Waals surface area contributed by atoms with Gasteiger partial charge in [0.15, 0.2) is 0 Å². The fourth-order valence-corrected chi connectivity index (χ4v) is 5.56. The number of rotatable bonds is 22. The lowest BCUT2D eigenvalue weighted by molar-refractivity contribution is -0.161. The maximum atomic E-state index is 13.4. The molecule has 0 unspecified atom stereocenters. The normalized spacial score (nSPS) is 15.7. The van der Waals surface area contributed by atoms with Crippen LogP contribution in [0.5, 0.6) is 0 Å². The monoisotopic (exact) mass is 784 g/mol. The molecule has 0 saturated carbocycles. The van der Waals surface area contributed by atoms with Crippen molar-refractivity contribution in [2.45, 2.75) is 184 Å². The summed E-state index contributed by atoms with van der Waals surface area (Å²) in [6.07, 6.45) is 3.26. The summed E-state index contributed by atoms with van der Waals surface area (Å²) in [6.45, 7) is 25.7. The minimum Gasteiger partial charge on any atom is -0.460 e. The molecule has 0 aromatic rings.